The van der Waals surface area contributed by atoms with Crippen LogP contribution < -0.4 is 5.11 Å². The fourth-order valence-electron chi connectivity index (χ4n) is 2.23. The van der Waals surface area contributed by atoms with Gasteiger partial charge in [-0.05, 0) is 30.0 Å². The van der Waals surface area contributed by atoms with E-state index in [0.29, 0.717) is 18.3 Å². The molecule has 28 heavy (non-hydrogen) atoms. The van der Waals surface area contributed by atoms with Gasteiger partial charge in [-0.2, -0.15) is 26.3 Å². The molecule has 0 saturated heterocycles. The fraction of sp³-hybridized carbons (Fsp3) is 0.250. The van der Waals surface area contributed by atoms with Gasteiger partial charge in [-0.25, -0.2) is 0 Å². The Morgan fingerprint density at radius 2 is 1.82 bits per heavy atom. The molecule has 1 atom stereocenters. The molecule has 1 aromatic heterocycles. The molecule has 0 spiro atoms. The summed E-state index contributed by atoms with van der Waals surface area (Å²) in [6.45, 7) is 1.43. The minimum Gasteiger partial charge on any atom is -0.545 e. The van der Waals surface area contributed by atoms with Crippen LogP contribution in [0.4, 0.5) is 26.3 Å². The van der Waals surface area contributed by atoms with E-state index in [-0.39, 0.29) is 21.9 Å². The van der Waals surface area contributed by atoms with E-state index in [9.17, 15) is 40.5 Å². The smallest absolute Gasteiger partial charge is 0.446 e. The first-order valence-electron chi connectivity index (χ1n) is 7.40. The molecule has 0 amide bonds. The number of pyridine rings is 1. The summed E-state index contributed by atoms with van der Waals surface area (Å²) < 4.78 is 88.5. The van der Waals surface area contributed by atoms with Gasteiger partial charge in [0.15, 0.2) is 0 Å². The first-order chi connectivity index (χ1) is 12.8. The normalized spacial score (nSPS) is 13.4. The van der Waals surface area contributed by atoms with Crippen molar-refractivity contribution in [1.29, 1.82) is 0 Å². The van der Waals surface area contributed by atoms with Gasteiger partial charge in [0.1, 0.15) is 0 Å². The first kappa shape index (κ1) is 22.2. The molecule has 0 N–H and O–H groups in total. The van der Waals surface area contributed by atoms with E-state index in [4.69, 9.17) is 0 Å². The van der Waals surface area contributed by atoms with Crippen molar-refractivity contribution in [1.82, 2.24) is 4.98 Å². The Kier molecular flexibility index (Phi) is 6.44. The molecular formula is C16H10F6NO3S2-. The van der Waals surface area contributed by atoms with Gasteiger partial charge in [-0.1, -0.05) is 13.0 Å². The Morgan fingerprint density at radius 3 is 2.32 bits per heavy atom. The molecule has 0 bridgehead atoms. The molecule has 152 valence electrons. The highest BCUT2D eigenvalue weighted by Crippen LogP contribution is 2.39. The molecule has 4 nitrogen and oxygen atoms in total. The largest absolute Gasteiger partial charge is 0.545 e. The second-order valence-corrected chi connectivity index (χ2v) is 8.09. The third kappa shape index (κ3) is 5.25. The monoisotopic (exact) mass is 442 g/mol. The molecule has 0 aliphatic rings. The quantitative estimate of drug-likeness (QED) is 0.520. The number of carboxylic acids is 1. The summed E-state index contributed by atoms with van der Waals surface area (Å²) in [4.78, 5) is 14.2. The van der Waals surface area contributed by atoms with Gasteiger partial charge in [0, 0.05) is 28.0 Å². The summed E-state index contributed by atoms with van der Waals surface area (Å²) in [6, 6.07) is 3.17. The van der Waals surface area contributed by atoms with Crippen LogP contribution >= 0.6 is 11.8 Å². The number of aromatic nitrogens is 1. The highest BCUT2D eigenvalue weighted by molar-refractivity contribution is 8.00. The Bertz CT molecular complexity index is 928. The van der Waals surface area contributed by atoms with Crippen molar-refractivity contribution in [3.8, 4) is 11.3 Å². The average Bonchev–Trinajstić information content (AvgIpc) is 2.58. The summed E-state index contributed by atoms with van der Waals surface area (Å²) in [6.07, 6.45) is -4.34. The van der Waals surface area contributed by atoms with Crippen molar-refractivity contribution in [3.05, 3.63) is 41.6 Å². The van der Waals surface area contributed by atoms with Crippen LogP contribution in [0.5, 0.6) is 0 Å². The number of thioether (sulfide) groups is 1. The van der Waals surface area contributed by atoms with Gasteiger partial charge in [-0.3, -0.25) is 9.19 Å². The molecule has 1 aromatic carbocycles. The average molecular weight is 442 g/mol. The molecule has 1 heterocycles. The maximum atomic E-state index is 12.9. The lowest BCUT2D eigenvalue weighted by Crippen LogP contribution is -2.23. The topological polar surface area (TPSA) is 70.1 Å². The van der Waals surface area contributed by atoms with Crippen LogP contribution in [0, 0.1) is 0 Å². The molecule has 2 rings (SSSR count). The number of carboxylic acid groups (broad SMARTS) is 1. The molecule has 0 fully saturated rings. The van der Waals surface area contributed by atoms with Crippen molar-refractivity contribution in [2.75, 3.05) is 5.75 Å². The number of alkyl halides is 6. The summed E-state index contributed by atoms with van der Waals surface area (Å²) >= 11 is -0.563. The second kappa shape index (κ2) is 8.11. The molecule has 12 heteroatoms. The van der Waals surface area contributed by atoms with Crippen molar-refractivity contribution < 1.29 is 40.5 Å². The van der Waals surface area contributed by atoms with Crippen molar-refractivity contribution in [2.45, 2.75) is 28.4 Å². The third-order valence-corrected chi connectivity index (χ3v) is 5.43. The third-order valence-electron chi connectivity index (χ3n) is 3.39. The van der Waals surface area contributed by atoms with E-state index in [1.807, 2.05) is 0 Å². The van der Waals surface area contributed by atoms with Crippen molar-refractivity contribution >= 4 is 28.5 Å². The standard InChI is InChI=1S/C16H11F6NO3S2/c1-2-28(26)12-5-8(15(17,18)19)7-23-13(12)10-4-3-9(27-16(20,21)22)6-11(10)14(24)25/h3-7H,2H2,1H3,(H,24,25)/p-1. The number of benzene rings is 1. The molecule has 2 aromatic rings. The summed E-state index contributed by atoms with van der Waals surface area (Å²) in [5, 5.41) is 11.4. The number of hydrogen-bond acceptors (Lipinski definition) is 5. The Morgan fingerprint density at radius 1 is 1.18 bits per heavy atom. The van der Waals surface area contributed by atoms with Gasteiger partial charge in [0.05, 0.1) is 32.9 Å². The zero-order valence-electron chi connectivity index (χ0n) is 13.9. The number of hydrogen-bond donors (Lipinski definition) is 0. The van der Waals surface area contributed by atoms with Crippen LogP contribution in [0.25, 0.3) is 11.3 Å². The highest BCUT2D eigenvalue weighted by atomic mass is 32.2. The minimum absolute atomic E-state index is 0.0847. The van der Waals surface area contributed by atoms with Crippen molar-refractivity contribution in [2.24, 2.45) is 0 Å². The van der Waals surface area contributed by atoms with Gasteiger partial charge < -0.3 is 9.90 Å². The number of carbonyl (C=O) groups excluding carboxylic acids is 1. The van der Waals surface area contributed by atoms with Crippen LogP contribution in [0.1, 0.15) is 22.8 Å². The summed E-state index contributed by atoms with van der Waals surface area (Å²) in [5.41, 5.74) is -7.21. The molecular weight excluding hydrogens is 432 g/mol. The number of halogens is 6. The zero-order chi connectivity index (χ0) is 21.3. The van der Waals surface area contributed by atoms with Gasteiger partial charge in [-0.15, -0.1) is 0 Å². The fourth-order valence-corrected chi connectivity index (χ4v) is 3.75. The SMILES string of the molecule is CCS(=O)c1cc(C(F)(F)F)cnc1-c1ccc(SC(F)(F)F)cc1C(=O)[O-]. The molecule has 0 saturated carbocycles. The number of carbonyl (C=O) groups is 1. The molecule has 1 unspecified atom stereocenters. The highest BCUT2D eigenvalue weighted by Gasteiger charge is 2.33. The van der Waals surface area contributed by atoms with Gasteiger partial charge in [0.2, 0.25) is 0 Å². The first-order valence-corrected chi connectivity index (χ1v) is 9.54. The summed E-state index contributed by atoms with van der Waals surface area (Å²) in [7, 11) is -1.95. The Labute approximate surface area is 161 Å². The van der Waals surface area contributed by atoms with Crippen LogP contribution in [-0.2, 0) is 17.0 Å². The van der Waals surface area contributed by atoms with Crippen molar-refractivity contribution in [3.63, 3.8) is 0 Å². The molecule has 0 aliphatic heterocycles. The number of rotatable bonds is 5. The Balaban J connectivity index is 2.69. The second-order valence-electron chi connectivity index (χ2n) is 5.25. The van der Waals surface area contributed by atoms with Crippen LogP contribution in [0.3, 0.4) is 0 Å². The molecule has 0 aliphatic carbocycles. The van der Waals surface area contributed by atoms with E-state index in [0.717, 1.165) is 12.1 Å². The predicted octanol–water partition coefficient (Wildman–Crippen LogP) is 3.87. The van der Waals surface area contributed by atoms with E-state index >= 15 is 0 Å². The van der Waals surface area contributed by atoms with E-state index in [1.54, 1.807) is 0 Å². The van der Waals surface area contributed by atoms with Crippen LogP contribution in [0.15, 0.2) is 40.3 Å². The Hall–Kier alpha value is -2.08. The van der Waals surface area contributed by atoms with Crippen LogP contribution in [-0.4, -0.2) is 26.4 Å². The lowest BCUT2D eigenvalue weighted by molar-refractivity contribution is -0.255. The van der Waals surface area contributed by atoms with Gasteiger partial charge >= 0.3 is 11.7 Å². The van der Waals surface area contributed by atoms with E-state index in [1.165, 1.54) is 6.92 Å². The maximum Gasteiger partial charge on any atom is 0.446 e. The van der Waals surface area contributed by atoms with E-state index in [2.05, 4.69) is 4.98 Å². The number of nitrogens with zero attached hydrogens (tertiary/aromatic N) is 1. The number of aromatic carboxylic acids is 1. The minimum atomic E-state index is -4.78. The maximum absolute atomic E-state index is 12.9. The van der Waals surface area contributed by atoms with Gasteiger partial charge in [0.25, 0.3) is 0 Å². The lowest BCUT2D eigenvalue weighted by atomic mass is 10.0. The van der Waals surface area contributed by atoms with Crippen LogP contribution in [0.2, 0.25) is 0 Å². The molecule has 0 radical (unpaired) electrons. The summed E-state index contributed by atoms with van der Waals surface area (Å²) in [5.74, 6) is -1.94. The lowest BCUT2D eigenvalue weighted by Gasteiger charge is -2.16. The van der Waals surface area contributed by atoms with E-state index < -0.39 is 56.2 Å². The predicted molar refractivity (Wildman–Crippen MR) is 87.9 cm³/mol. The zero-order valence-corrected chi connectivity index (χ0v) is 15.5.